The Morgan fingerprint density at radius 3 is 2.50 bits per heavy atom. The molecule has 2 amide bonds. The highest BCUT2D eigenvalue weighted by molar-refractivity contribution is 6.01. The number of carbonyl (C=O) groups excluding carboxylic acids is 2. The second-order valence-electron chi connectivity index (χ2n) is 6.46. The van der Waals surface area contributed by atoms with Gasteiger partial charge in [-0.1, -0.05) is 32.1 Å². The lowest BCUT2D eigenvalue weighted by atomic mass is 9.96. The van der Waals surface area contributed by atoms with Gasteiger partial charge in [-0.2, -0.15) is 5.10 Å². The molecule has 0 aliphatic heterocycles. The number of rotatable bonds is 5. The zero-order valence-electron chi connectivity index (χ0n) is 14.6. The fraction of sp³-hybridized carbons (Fsp3) is 0.611. The zero-order valence-corrected chi connectivity index (χ0v) is 14.6. The fourth-order valence-electron chi connectivity index (χ4n) is 2.98. The second kappa shape index (κ2) is 9.25. The van der Waals surface area contributed by atoms with Crippen LogP contribution in [-0.4, -0.2) is 23.6 Å². The third kappa shape index (κ3) is 5.83. The number of hydrazone groups is 1. The number of amides is 2. The number of furan rings is 1. The quantitative estimate of drug-likeness (QED) is 0.640. The summed E-state index contributed by atoms with van der Waals surface area (Å²) in [5.41, 5.74) is 3.49. The van der Waals surface area contributed by atoms with Gasteiger partial charge in [-0.15, -0.1) is 0 Å². The van der Waals surface area contributed by atoms with Crippen LogP contribution in [0.25, 0.3) is 0 Å². The van der Waals surface area contributed by atoms with E-state index in [9.17, 15) is 9.59 Å². The van der Waals surface area contributed by atoms with Crippen molar-refractivity contribution in [1.82, 2.24) is 10.7 Å². The largest absolute Gasteiger partial charge is 0.469 e. The maximum atomic E-state index is 12.1. The van der Waals surface area contributed by atoms with Crippen molar-refractivity contribution in [3.63, 3.8) is 0 Å². The second-order valence-corrected chi connectivity index (χ2v) is 6.46. The van der Waals surface area contributed by atoms with E-state index in [-0.39, 0.29) is 24.3 Å². The number of aryl methyl sites for hydroxylation is 1. The minimum Gasteiger partial charge on any atom is -0.469 e. The smallest absolute Gasteiger partial charge is 0.274 e. The molecule has 0 saturated heterocycles. The Kier molecular flexibility index (Phi) is 7.03. The summed E-state index contributed by atoms with van der Waals surface area (Å²) < 4.78 is 5.09. The minimum absolute atomic E-state index is 0.0319. The van der Waals surface area contributed by atoms with Crippen molar-refractivity contribution in [3.8, 4) is 0 Å². The Bertz CT molecular complexity index is 584. The molecule has 132 valence electrons. The van der Waals surface area contributed by atoms with Gasteiger partial charge in [0.05, 0.1) is 18.2 Å². The van der Waals surface area contributed by atoms with E-state index in [1.54, 1.807) is 19.9 Å². The van der Waals surface area contributed by atoms with Gasteiger partial charge in [-0.3, -0.25) is 9.59 Å². The molecule has 6 nitrogen and oxygen atoms in total. The highest BCUT2D eigenvalue weighted by Crippen LogP contribution is 2.17. The van der Waals surface area contributed by atoms with Crippen LogP contribution in [0.3, 0.4) is 0 Å². The van der Waals surface area contributed by atoms with Crippen molar-refractivity contribution < 1.29 is 14.0 Å². The van der Waals surface area contributed by atoms with E-state index in [2.05, 4.69) is 15.8 Å². The van der Waals surface area contributed by atoms with Gasteiger partial charge < -0.3 is 9.73 Å². The Hall–Kier alpha value is -2.11. The molecule has 2 N–H and O–H groups in total. The van der Waals surface area contributed by atoms with Crippen LogP contribution in [0.4, 0.5) is 0 Å². The molecule has 0 atom stereocenters. The Labute approximate surface area is 143 Å². The van der Waals surface area contributed by atoms with Crippen LogP contribution in [0.5, 0.6) is 0 Å². The van der Waals surface area contributed by atoms with E-state index < -0.39 is 0 Å². The molecule has 24 heavy (non-hydrogen) atoms. The molecule has 1 aliphatic rings. The van der Waals surface area contributed by atoms with Crippen LogP contribution in [0.15, 0.2) is 21.8 Å². The van der Waals surface area contributed by atoms with Crippen molar-refractivity contribution in [2.24, 2.45) is 5.10 Å². The van der Waals surface area contributed by atoms with E-state index in [1.807, 2.05) is 0 Å². The van der Waals surface area contributed by atoms with Gasteiger partial charge in [0.25, 0.3) is 5.91 Å². The van der Waals surface area contributed by atoms with Gasteiger partial charge in [-0.05, 0) is 32.8 Å². The lowest BCUT2D eigenvalue weighted by molar-refractivity contribution is -0.120. The van der Waals surface area contributed by atoms with Crippen LogP contribution in [0.1, 0.15) is 74.4 Å². The highest BCUT2D eigenvalue weighted by atomic mass is 16.3. The Morgan fingerprint density at radius 1 is 1.21 bits per heavy atom. The first kappa shape index (κ1) is 18.2. The molecular formula is C18H27N3O3. The van der Waals surface area contributed by atoms with Crippen molar-refractivity contribution in [2.45, 2.75) is 71.3 Å². The standard InChI is InChI=1S/C18H27N3O3/c1-13(20-21-18(23)16-10-11-24-14(16)2)12-17(22)19-15-8-6-4-3-5-7-9-15/h10-11,15H,3-9,12H2,1-2H3,(H,19,22)(H,21,23)/b20-13-. The Balaban J connectivity index is 1.77. The van der Waals surface area contributed by atoms with E-state index >= 15 is 0 Å². The van der Waals surface area contributed by atoms with Crippen LogP contribution in [-0.2, 0) is 4.79 Å². The normalized spacial score (nSPS) is 17.0. The maximum absolute atomic E-state index is 12.1. The van der Waals surface area contributed by atoms with Gasteiger partial charge in [0.2, 0.25) is 5.91 Å². The SMILES string of the molecule is C/C(CC(=O)NC1CCCCCCC1)=N/NC(=O)c1ccoc1C. The fourth-order valence-corrected chi connectivity index (χ4v) is 2.98. The van der Waals surface area contributed by atoms with Crippen LogP contribution in [0, 0.1) is 6.92 Å². The first-order valence-electron chi connectivity index (χ1n) is 8.73. The molecule has 0 spiro atoms. The molecule has 1 saturated carbocycles. The molecule has 6 heteroatoms. The predicted molar refractivity (Wildman–Crippen MR) is 92.9 cm³/mol. The van der Waals surface area contributed by atoms with Crippen molar-refractivity contribution >= 4 is 17.5 Å². The summed E-state index contributed by atoms with van der Waals surface area (Å²) in [6, 6.07) is 1.87. The zero-order chi connectivity index (χ0) is 17.4. The number of nitrogens with zero attached hydrogens (tertiary/aromatic N) is 1. The minimum atomic E-state index is -0.332. The lowest BCUT2D eigenvalue weighted by Crippen LogP contribution is -2.36. The topological polar surface area (TPSA) is 83.7 Å². The van der Waals surface area contributed by atoms with Gasteiger partial charge in [0.15, 0.2) is 0 Å². The summed E-state index contributed by atoms with van der Waals surface area (Å²) in [6.07, 6.45) is 9.94. The third-order valence-electron chi connectivity index (χ3n) is 4.34. The molecule has 0 aromatic carbocycles. The summed E-state index contributed by atoms with van der Waals surface area (Å²) in [6.45, 7) is 3.45. The van der Waals surface area contributed by atoms with Gasteiger partial charge in [0, 0.05) is 11.8 Å². The number of hydrogen-bond donors (Lipinski definition) is 2. The number of nitrogens with one attached hydrogen (secondary N) is 2. The molecule has 1 heterocycles. The van der Waals surface area contributed by atoms with E-state index in [1.165, 1.54) is 38.4 Å². The summed E-state index contributed by atoms with van der Waals surface area (Å²) in [5.74, 6) is 0.180. The number of hydrogen-bond acceptors (Lipinski definition) is 4. The highest BCUT2D eigenvalue weighted by Gasteiger charge is 2.15. The molecular weight excluding hydrogens is 306 g/mol. The third-order valence-corrected chi connectivity index (χ3v) is 4.34. The van der Waals surface area contributed by atoms with Crippen molar-refractivity contribution in [1.29, 1.82) is 0 Å². The number of carbonyl (C=O) groups is 2. The summed E-state index contributed by atoms with van der Waals surface area (Å²) in [7, 11) is 0. The van der Waals surface area contributed by atoms with Crippen LogP contribution in [0.2, 0.25) is 0 Å². The Morgan fingerprint density at radius 2 is 1.88 bits per heavy atom. The van der Waals surface area contributed by atoms with Crippen LogP contribution < -0.4 is 10.7 Å². The van der Waals surface area contributed by atoms with Gasteiger partial charge >= 0.3 is 0 Å². The van der Waals surface area contributed by atoms with E-state index in [4.69, 9.17) is 4.42 Å². The van der Waals surface area contributed by atoms with Crippen molar-refractivity contribution in [3.05, 3.63) is 23.7 Å². The molecule has 0 unspecified atom stereocenters. The maximum Gasteiger partial charge on any atom is 0.274 e. The molecule has 1 fully saturated rings. The first-order chi connectivity index (χ1) is 11.6. The monoisotopic (exact) mass is 333 g/mol. The van der Waals surface area contributed by atoms with Gasteiger partial charge in [0.1, 0.15) is 5.76 Å². The summed E-state index contributed by atoms with van der Waals surface area (Å²) in [4.78, 5) is 24.1. The van der Waals surface area contributed by atoms with Gasteiger partial charge in [-0.25, -0.2) is 5.43 Å². The molecule has 0 radical (unpaired) electrons. The predicted octanol–water partition coefficient (Wildman–Crippen LogP) is 3.31. The van der Waals surface area contributed by atoms with Crippen molar-refractivity contribution in [2.75, 3.05) is 0 Å². The average molecular weight is 333 g/mol. The molecule has 1 aromatic rings. The molecule has 0 bridgehead atoms. The van der Waals surface area contributed by atoms with E-state index in [0.29, 0.717) is 17.0 Å². The summed E-state index contributed by atoms with van der Waals surface area (Å²) in [5, 5.41) is 7.10. The average Bonchev–Trinajstić information content (AvgIpc) is 2.93. The summed E-state index contributed by atoms with van der Waals surface area (Å²) >= 11 is 0. The molecule has 1 aliphatic carbocycles. The molecule has 2 rings (SSSR count). The van der Waals surface area contributed by atoms with Crippen LogP contribution >= 0.6 is 0 Å². The first-order valence-corrected chi connectivity index (χ1v) is 8.73. The van der Waals surface area contributed by atoms with E-state index in [0.717, 1.165) is 12.8 Å². The molecule has 1 aromatic heterocycles. The lowest BCUT2D eigenvalue weighted by Gasteiger charge is -2.21.